The summed E-state index contributed by atoms with van der Waals surface area (Å²) in [5.41, 5.74) is 2.31. The second-order valence-corrected chi connectivity index (χ2v) is 6.39. The standard InChI is InChI=1S/C20H24O/c21-20(14-11-17-7-3-1-4-8-17)15-12-19(13-16-20)18-9-5-2-6-10-18/h1-10,19,21H,11-16H2. The summed E-state index contributed by atoms with van der Waals surface area (Å²) in [6.45, 7) is 0. The molecular weight excluding hydrogens is 256 g/mol. The fraction of sp³-hybridized carbons (Fsp3) is 0.400. The van der Waals surface area contributed by atoms with E-state index in [4.69, 9.17) is 0 Å². The fourth-order valence-electron chi connectivity index (χ4n) is 3.49. The van der Waals surface area contributed by atoms with Crippen LogP contribution < -0.4 is 0 Å². The van der Waals surface area contributed by atoms with E-state index in [-0.39, 0.29) is 0 Å². The predicted octanol–water partition coefficient (Wildman–Crippen LogP) is 4.71. The van der Waals surface area contributed by atoms with Crippen LogP contribution in [0.1, 0.15) is 49.1 Å². The quantitative estimate of drug-likeness (QED) is 0.860. The molecule has 0 amide bonds. The summed E-state index contributed by atoms with van der Waals surface area (Å²) in [7, 11) is 0. The molecule has 0 aliphatic heterocycles. The number of aryl methyl sites for hydroxylation is 1. The van der Waals surface area contributed by atoms with E-state index in [9.17, 15) is 5.11 Å². The summed E-state index contributed by atoms with van der Waals surface area (Å²) < 4.78 is 0. The van der Waals surface area contributed by atoms with Gasteiger partial charge in [-0.3, -0.25) is 0 Å². The van der Waals surface area contributed by atoms with Gasteiger partial charge < -0.3 is 5.11 Å². The average molecular weight is 280 g/mol. The van der Waals surface area contributed by atoms with Gasteiger partial charge >= 0.3 is 0 Å². The highest BCUT2D eigenvalue weighted by atomic mass is 16.3. The van der Waals surface area contributed by atoms with Crippen LogP contribution in [0.4, 0.5) is 0 Å². The highest BCUT2D eigenvalue weighted by Gasteiger charge is 2.33. The maximum Gasteiger partial charge on any atom is 0.0651 e. The van der Waals surface area contributed by atoms with Crippen LogP contribution in [0.3, 0.4) is 0 Å². The molecule has 1 nitrogen and oxygen atoms in total. The van der Waals surface area contributed by atoms with E-state index in [2.05, 4.69) is 54.6 Å². The van der Waals surface area contributed by atoms with Crippen LogP contribution in [-0.2, 0) is 6.42 Å². The number of rotatable bonds is 4. The zero-order valence-electron chi connectivity index (χ0n) is 12.5. The van der Waals surface area contributed by atoms with Crippen molar-refractivity contribution in [3.8, 4) is 0 Å². The minimum Gasteiger partial charge on any atom is -0.390 e. The van der Waals surface area contributed by atoms with E-state index in [0.717, 1.165) is 38.5 Å². The molecule has 0 saturated heterocycles. The number of hydrogen-bond acceptors (Lipinski definition) is 1. The molecule has 1 heteroatoms. The number of hydrogen-bond donors (Lipinski definition) is 1. The lowest BCUT2D eigenvalue weighted by atomic mass is 9.74. The van der Waals surface area contributed by atoms with Gasteiger partial charge in [-0.05, 0) is 55.6 Å². The lowest BCUT2D eigenvalue weighted by Gasteiger charge is -2.36. The van der Waals surface area contributed by atoms with Gasteiger partial charge in [-0.2, -0.15) is 0 Å². The van der Waals surface area contributed by atoms with Gasteiger partial charge in [0.2, 0.25) is 0 Å². The van der Waals surface area contributed by atoms with Crippen molar-refractivity contribution in [2.45, 2.75) is 50.0 Å². The van der Waals surface area contributed by atoms with Gasteiger partial charge in [0, 0.05) is 0 Å². The monoisotopic (exact) mass is 280 g/mol. The maximum atomic E-state index is 10.8. The highest BCUT2D eigenvalue weighted by molar-refractivity contribution is 5.20. The Bertz CT molecular complexity index is 539. The summed E-state index contributed by atoms with van der Waals surface area (Å²) >= 11 is 0. The SMILES string of the molecule is OC1(CCc2ccccc2)CCC(c2ccccc2)CC1. The Labute approximate surface area is 127 Å². The largest absolute Gasteiger partial charge is 0.390 e. The van der Waals surface area contributed by atoms with Crippen LogP contribution in [0.5, 0.6) is 0 Å². The lowest BCUT2D eigenvalue weighted by molar-refractivity contribution is -0.00817. The van der Waals surface area contributed by atoms with E-state index < -0.39 is 5.60 Å². The van der Waals surface area contributed by atoms with Crippen molar-refractivity contribution in [3.63, 3.8) is 0 Å². The van der Waals surface area contributed by atoms with Crippen LogP contribution in [0.15, 0.2) is 60.7 Å². The van der Waals surface area contributed by atoms with E-state index in [1.54, 1.807) is 0 Å². The van der Waals surface area contributed by atoms with Crippen LogP contribution in [0.2, 0.25) is 0 Å². The third-order valence-electron chi connectivity index (χ3n) is 4.91. The Kier molecular flexibility index (Phi) is 4.40. The van der Waals surface area contributed by atoms with Gasteiger partial charge in [0.15, 0.2) is 0 Å². The minimum atomic E-state index is -0.457. The van der Waals surface area contributed by atoms with Crippen LogP contribution in [0, 0.1) is 0 Å². The van der Waals surface area contributed by atoms with Crippen molar-refractivity contribution >= 4 is 0 Å². The Morgan fingerprint density at radius 3 is 2.05 bits per heavy atom. The Balaban J connectivity index is 1.54. The number of benzene rings is 2. The summed E-state index contributed by atoms with van der Waals surface area (Å²) in [6, 6.07) is 21.2. The first-order valence-corrected chi connectivity index (χ1v) is 8.06. The van der Waals surface area contributed by atoms with Crippen LogP contribution >= 0.6 is 0 Å². The molecule has 0 atom stereocenters. The predicted molar refractivity (Wildman–Crippen MR) is 87.4 cm³/mol. The third-order valence-corrected chi connectivity index (χ3v) is 4.91. The summed E-state index contributed by atoms with van der Waals surface area (Å²) in [4.78, 5) is 0. The zero-order valence-corrected chi connectivity index (χ0v) is 12.5. The van der Waals surface area contributed by atoms with Gasteiger partial charge in [-0.25, -0.2) is 0 Å². The molecule has 0 radical (unpaired) electrons. The van der Waals surface area contributed by atoms with Gasteiger partial charge in [0.05, 0.1) is 5.60 Å². The highest BCUT2D eigenvalue weighted by Crippen LogP contribution is 2.39. The van der Waals surface area contributed by atoms with Gasteiger partial charge in [0.1, 0.15) is 0 Å². The molecule has 0 aromatic heterocycles. The van der Waals surface area contributed by atoms with Crippen LogP contribution in [0.25, 0.3) is 0 Å². The third kappa shape index (κ3) is 3.74. The molecule has 1 fully saturated rings. The number of aliphatic hydroxyl groups is 1. The molecule has 3 rings (SSSR count). The smallest absolute Gasteiger partial charge is 0.0651 e. The summed E-state index contributed by atoms with van der Waals surface area (Å²) in [6.07, 6.45) is 5.94. The van der Waals surface area contributed by atoms with Crippen molar-refractivity contribution in [2.75, 3.05) is 0 Å². The first-order valence-electron chi connectivity index (χ1n) is 8.06. The molecule has 2 aromatic carbocycles. The van der Waals surface area contributed by atoms with E-state index in [1.807, 2.05) is 6.07 Å². The first kappa shape index (κ1) is 14.3. The van der Waals surface area contributed by atoms with Gasteiger partial charge in [-0.15, -0.1) is 0 Å². The minimum absolute atomic E-state index is 0.457. The molecule has 2 aromatic rings. The summed E-state index contributed by atoms with van der Waals surface area (Å²) in [5, 5.41) is 10.8. The topological polar surface area (TPSA) is 20.2 Å². The van der Waals surface area contributed by atoms with E-state index in [1.165, 1.54) is 11.1 Å². The molecule has 1 aliphatic carbocycles. The Morgan fingerprint density at radius 1 is 0.857 bits per heavy atom. The zero-order chi connectivity index (χ0) is 14.5. The molecule has 0 heterocycles. The lowest BCUT2D eigenvalue weighted by Crippen LogP contribution is -2.34. The summed E-state index contributed by atoms with van der Waals surface area (Å²) in [5.74, 6) is 0.628. The molecule has 1 N–H and O–H groups in total. The molecule has 0 spiro atoms. The average Bonchev–Trinajstić information content (AvgIpc) is 2.56. The first-order chi connectivity index (χ1) is 10.3. The molecule has 1 saturated carbocycles. The normalized spacial score (nSPS) is 25.7. The second-order valence-electron chi connectivity index (χ2n) is 6.39. The molecule has 21 heavy (non-hydrogen) atoms. The van der Waals surface area contributed by atoms with Gasteiger partial charge in [0.25, 0.3) is 0 Å². The van der Waals surface area contributed by atoms with Crippen molar-refractivity contribution in [2.24, 2.45) is 0 Å². The van der Waals surface area contributed by atoms with Crippen molar-refractivity contribution in [1.29, 1.82) is 0 Å². The second kappa shape index (κ2) is 6.44. The van der Waals surface area contributed by atoms with Crippen molar-refractivity contribution < 1.29 is 5.11 Å². The Hall–Kier alpha value is -1.60. The molecule has 110 valence electrons. The van der Waals surface area contributed by atoms with Gasteiger partial charge in [-0.1, -0.05) is 60.7 Å². The molecule has 0 bridgehead atoms. The van der Waals surface area contributed by atoms with Crippen molar-refractivity contribution in [1.82, 2.24) is 0 Å². The fourth-order valence-corrected chi connectivity index (χ4v) is 3.49. The Morgan fingerprint density at radius 2 is 1.43 bits per heavy atom. The van der Waals surface area contributed by atoms with Crippen LogP contribution in [-0.4, -0.2) is 10.7 Å². The molecule has 0 unspecified atom stereocenters. The van der Waals surface area contributed by atoms with E-state index >= 15 is 0 Å². The maximum absolute atomic E-state index is 10.8. The van der Waals surface area contributed by atoms with E-state index in [0.29, 0.717) is 5.92 Å². The molecule has 1 aliphatic rings. The van der Waals surface area contributed by atoms with Crippen molar-refractivity contribution in [3.05, 3.63) is 71.8 Å². The molecular formula is C20H24O.